The van der Waals surface area contributed by atoms with Crippen LogP contribution in [0.2, 0.25) is 0 Å². The highest BCUT2D eigenvalue weighted by Crippen LogP contribution is 2.35. The summed E-state index contributed by atoms with van der Waals surface area (Å²) in [4.78, 5) is 0.0644. The molecular formula is C17H15NO6S2. The van der Waals surface area contributed by atoms with Gasteiger partial charge >= 0.3 is 0 Å². The molecule has 0 heterocycles. The molecule has 0 saturated carbocycles. The summed E-state index contributed by atoms with van der Waals surface area (Å²) in [6.07, 6.45) is 0. The van der Waals surface area contributed by atoms with Crippen LogP contribution in [0.3, 0.4) is 0 Å². The summed E-state index contributed by atoms with van der Waals surface area (Å²) in [5, 5.41) is 15.9. The summed E-state index contributed by atoms with van der Waals surface area (Å²) >= 11 is 0.613. The molecule has 0 aliphatic carbocycles. The molecule has 3 aromatic rings. The van der Waals surface area contributed by atoms with E-state index in [1.807, 2.05) is 30.3 Å². The lowest BCUT2D eigenvalue weighted by Gasteiger charge is -2.13. The van der Waals surface area contributed by atoms with Gasteiger partial charge in [0.1, 0.15) is 4.90 Å². The maximum atomic E-state index is 11.9. The van der Waals surface area contributed by atoms with Crippen molar-refractivity contribution in [1.29, 1.82) is 0 Å². The SMILES string of the molecule is O=S(=O)(O)c1cc(SOOO)cc2cccc(NCc3ccccc3)c12. The van der Waals surface area contributed by atoms with E-state index in [9.17, 15) is 13.0 Å². The van der Waals surface area contributed by atoms with Crippen LogP contribution in [0.1, 0.15) is 5.56 Å². The van der Waals surface area contributed by atoms with Gasteiger partial charge < -0.3 is 5.32 Å². The zero-order valence-electron chi connectivity index (χ0n) is 13.3. The Morgan fingerprint density at radius 2 is 1.81 bits per heavy atom. The first kappa shape index (κ1) is 18.6. The van der Waals surface area contributed by atoms with E-state index in [4.69, 9.17) is 5.26 Å². The van der Waals surface area contributed by atoms with Gasteiger partial charge in [0.05, 0.1) is 12.0 Å². The van der Waals surface area contributed by atoms with Gasteiger partial charge in [0.15, 0.2) is 0 Å². The lowest BCUT2D eigenvalue weighted by atomic mass is 10.1. The standard InChI is InChI=1S/C17H15NO6S2/c19-23-24-25-14-9-13-7-4-8-15(17(13)16(10-14)26(20,21)22)18-11-12-5-2-1-3-6-12/h1-10,18-19H,11H2,(H,20,21,22). The van der Waals surface area contributed by atoms with Crippen molar-refractivity contribution in [2.45, 2.75) is 16.3 Å². The maximum Gasteiger partial charge on any atom is 0.295 e. The molecule has 0 saturated heterocycles. The van der Waals surface area contributed by atoms with Gasteiger partial charge in [-0.25, -0.2) is 5.26 Å². The smallest absolute Gasteiger partial charge is 0.295 e. The average Bonchev–Trinajstić information content (AvgIpc) is 2.64. The molecule has 0 unspecified atom stereocenters. The van der Waals surface area contributed by atoms with E-state index < -0.39 is 10.1 Å². The Morgan fingerprint density at radius 1 is 1.04 bits per heavy atom. The second kappa shape index (κ2) is 8.04. The molecule has 0 bridgehead atoms. The lowest BCUT2D eigenvalue weighted by Crippen LogP contribution is -2.04. The summed E-state index contributed by atoms with van der Waals surface area (Å²) in [5.74, 6) is 0. The molecule has 3 rings (SSSR count). The third-order valence-corrected chi connectivity index (χ3v) is 5.11. The summed E-state index contributed by atoms with van der Waals surface area (Å²) < 4.78 is 37.8. The molecule has 3 N–H and O–H groups in total. The highest BCUT2D eigenvalue weighted by molar-refractivity contribution is 7.94. The van der Waals surface area contributed by atoms with Crippen molar-refractivity contribution in [3.05, 3.63) is 66.2 Å². The van der Waals surface area contributed by atoms with Crippen LogP contribution in [0.5, 0.6) is 0 Å². The lowest BCUT2D eigenvalue weighted by molar-refractivity contribution is -0.432. The zero-order valence-corrected chi connectivity index (χ0v) is 15.0. The molecule has 0 aliphatic rings. The molecule has 0 atom stereocenters. The Kier molecular flexibility index (Phi) is 5.77. The zero-order chi connectivity index (χ0) is 18.6. The molecular weight excluding hydrogens is 378 g/mol. The van der Waals surface area contributed by atoms with Crippen LogP contribution in [0.15, 0.2) is 70.5 Å². The largest absolute Gasteiger partial charge is 0.380 e. The molecule has 7 nitrogen and oxygen atoms in total. The monoisotopic (exact) mass is 393 g/mol. The second-order valence-electron chi connectivity index (χ2n) is 5.37. The van der Waals surface area contributed by atoms with Crippen molar-refractivity contribution in [1.82, 2.24) is 0 Å². The molecule has 3 aromatic carbocycles. The first-order chi connectivity index (χ1) is 12.5. The number of anilines is 1. The highest BCUT2D eigenvalue weighted by Gasteiger charge is 2.19. The number of hydrogen-bond acceptors (Lipinski definition) is 7. The van der Waals surface area contributed by atoms with Gasteiger partial charge in [0.25, 0.3) is 10.1 Å². The summed E-state index contributed by atoms with van der Waals surface area (Å²) in [5.41, 5.74) is 1.59. The van der Waals surface area contributed by atoms with Crippen molar-refractivity contribution < 1.29 is 27.6 Å². The molecule has 26 heavy (non-hydrogen) atoms. The third kappa shape index (κ3) is 4.33. The maximum absolute atomic E-state index is 11.9. The minimum Gasteiger partial charge on any atom is -0.380 e. The van der Waals surface area contributed by atoms with Gasteiger partial charge in [-0.3, -0.25) is 4.55 Å². The van der Waals surface area contributed by atoms with Crippen LogP contribution in [-0.4, -0.2) is 18.2 Å². The molecule has 0 spiro atoms. The quantitative estimate of drug-likeness (QED) is 0.238. The third-order valence-electron chi connectivity index (χ3n) is 3.68. The van der Waals surface area contributed by atoms with Crippen molar-refractivity contribution in [2.24, 2.45) is 0 Å². The normalized spacial score (nSPS) is 11.6. The predicted octanol–water partition coefficient (Wildman–Crippen LogP) is 4.13. The van der Waals surface area contributed by atoms with E-state index in [-0.39, 0.29) is 4.90 Å². The van der Waals surface area contributed by atoms with Crippen LogP contribution in [0, 0.1) is 0 Å². The Hall–Kier alpha value is -2.14. The molecule has 0 amide bonds. The number of fused-ring (bicyclic) bond motifs is 1. The molecule has 9 heteroatoms. The van der Waals surface area contributed by atoms with Crippen molar-refractivity contribution in [2.75, 3.05) is 5.32 Å². The minimum atomic E-state index is -4.49. The van der Waals surface area contributed by atoms with Crippen LogP contribution in [-0.2, 0) is 26.0 Å². The Labute approximate surface area is 154 Å². The summed E-state index contributed by atoms with van der Waals surface area (Å²) in [6.45, 7) is 0.489. The van der Waals surface area contributed by atoms with Gasteiger partial charge in [-0.05, 0) is 29.1 Å². The fourth-order valence-electron chi connectivity index (χ4n) is 2.61. The molecule has 0 aliphatic heterocycles. The fraction of sp³-hybridized carbons (Fsp3) is 0.0588. The number of benzene rings is 3. The first-order valence-corrected chi connectivity index (χ1v) is 9.64. The Morgan fingerprint density at radius 3 is 2.50 bits per heavy atom. The second-order valence-corrected chi connectivity index (χ2v) is 7.53. The van der Waals surface area contributed by atoms with Crippen LogP contribution in [0.4, 0.5) is 5.69 Å². The topological polar surface area (TPSA) is 105 Å². The molecule has 136 valence electrons. The number of hydrogen-bond donors (Lipinski definition) is 3. The van der Waals surface area contributed by atoms with E-state index in [0.717, 1.165) is 5.56 Å². The van der Waals surface area contributed by atoms with Gasteiger partial charge in [0, 0.05) is 22.5 Å². The van der Waals surface area contributed by atoms with E-state index in [0.29, 0.717) is 39.9 Å². The molecule has 0 aromatic heterocycles. The van der Waals surface area contributed by atoms with Crippen LogP contribution < -0.4 is 5.32 Å². The van der Waals surface area contributed by atoms with Crippen molar-refractivity contribution in [3.8, 4) is 0 Å². The van der Waals surface area contributed by atoms with Gasteiger partial charge in [-0.2, -0.15) is 8.42 Å². The van der Waals surface area contributed by atoms with Crippen molar-refractivity contribution in [3.63, 3.8) is 0 Å². The number of nitrogens with one attached hydrogen (secondary N) is 1. The highest BCUT2D eigenvalue weighted by atomic mass is 32.2. The van der Waals surface area contributed by atoms with Crippen LogP contribution in [0.25, 0.3) is 10.8 Å². The Balaban J connectivity index is 2.06. The first-order valence-electron chi connectivity index (χ1n) is 7.46. The van der Waals surface area contributed by atoms with Gasteiger partial charge in [0.2, 0.25) is 0 Å². The van der Waals surface area contributed by atoms with E-state index >= 15 is 0 Å². The van der Waals surface area contributed by atoms with Crippen molar-refractivity contribution >= 4 is 38.6 Å². The molecule has 0 fully saturated rings. The van der Waals surface area contributed by atoms with Gasteiger partial charge in [-0.15, -0.1) is 4.33 Å². The summed E-state index contributed by atoms with van der Waals surface area (Å²) in [7, 11) is -4.49. The predicted molar refractivity (Wildman–Crippen MR) is 98.2 cm³/mol. The Bertz CT molecular complexity index is 1010. The minimum absolute atomic E-state index is 0.268. The van der Waals surface area contributed by atoms with Crippen LogP contribution >= 0.6 is 12.0 Å². The fourth-order valence-corrected chi connectivity index (χ4v) is 3.89. The van der Waals surface area contributed by atoms with E-state index in [2.05, 4.69) is 14.7 Å². The molecule has 0 radical (unpaired) electrons. The van der Waals surface area contributed by atoms with Gasteiger partial charge in [-0.1, -0.05) is 47.5 Å². The number of rotatable bonds is 7. The van der Waals surface area contributed by atoms with E-state index in [1.54, 1.807) is 24.3 Å². The summed E-state index contributed by atoms with van der Waals surface area (Å²) in [6, 6.07) is 17.7. The average molecular weight is 393 g/mol. The van der Waals surface area contributed by atoms with E-state index in [1.165, 1.54) is 6.07 Å².